The minimum atomic E-state index is -0.383. The molecule has 0 bridgehead atoms. The highest BCUT2D eigenvalue weighted by atomic mass is 35.5. The fourth-order valence-electron chi connectivity index (χ4n) is 1.95. The third-order valence-electron chi connectivity index (χ3n) is 2.94. The van der Waals surface area contributed by atoms with Crippen molar-refractivity contribution >= 4 is 28.9 Å². The number of rotatable bonds is 5. The van der Waals surface area contributed by atoms with E-state index in [2.05, 4.69) is 0 Å². The first-order valence-electron chi connectivity index (χ1n) is 6.52. The van der Waals surface area contributed by atoms with E-state index in [4.69, 9.17) is 11.6 Å². The first-order chi connectivity index (χ1) is 10.1. The van der Waals surface area contributed by atoms with Gasteiger partial charge >= 0.3 is 0 Å². The third kappa shape index (κ3) is 4.02. The van der Waals surface area contributed by atoms with Crippen molar-refractivity contribution in [1.29, 1.82) is 0 Å². The van der Waals surface area contributed by atoms with Gasteiger partial charge in [0, 0.05) is 23.7 Å². The molecule has 0 heterocycles. The average molecular weight is 310 g/mol. The molecule has 2 aromatic carbocycles. The summed E-state index contributed by atoms with van der Waals surface area (Å²) in [5, 5.41) is 0. The Kier molecular flexibility index (Phi) is 5.28. The standard InChI is InChI=1S/C16H14ClF2NO/c17-11-1-2-16(21)20(14-7-3-12(18)4-8-14)15-9-5-13(19)6-10-15/h3-10H,1-2,11H2. The van der Waals surface area contributed by atoms with Crippen molar-refractivity contribution in [2.75, 3.05) is 10.8 Å². The summed E-state index contributed by atoms with van der Waals surface area (Å²) in [6.45, 7) is 0. The zero-order chi connectivity index (χ0) is 15.2. The summed E-state index contributed by atoms with van der Waals surface area (Å²) in [4.78, 5) is 13.8. The van der Waals surface area contributed by atoms with Crippen LogP contribution >= 0.6 is 11.6 Å². The van der Waals surface area contributed by atoms with Crippen LogP contribution in [0.3, 0.4) is 0 Å². The average Bonchev–Trinajstić information content (AvgIpc) is 2.49. The van der Waals surface area contributed by atoms with Crippen LogP contribution in [0, 0.1) is 11.6 Å². The van der Waals surface area contributed by atoms with Gasteiger partial charge in [-0.2, -0.15) is 0 Å². The molecule has 2 nitrogen and oxygen atoms in total. The number of hydrogen-bond donors (Lipinski definition) is 0. The van der Waals surface area contributed by atoms with Crippen LogP contribution in [-0.2, 0) is 4.79 Å². The van der Waals surface area contributed by atoms with E-state index >= 15 is 0 Å². The lowest BCUT2D eigenvalue weighted by molar-refractivity contribution is -0.117. The second-order valence-corrected chi connectivity index (χ2v) is 4.85. The molecular formula is C16H14ClF2NO. The Bertz CT molecular complexity index is 553. The first-order valence-corrected chi connectivity index (χ1v) is 7.05. The van der Waals surface area contributed by atoms with Crippen LogP contribution in [-0.4, -0.2) is 11.8 Å². The summed E-state index contributed by atoms with van der Waals surface area (Å²) in [6.07, 6.45) is 0.803. The Morgan fingerprint density at radius 2 is 1.33 bits per heavy atom. The first kappa shape index (κ1) is 15.4. The number of benzene rings is 2. The van der Waals surface area contributed by atoms with Crippen molar-refractivity contribution in [3.8, 4) is 0 Å². The lowest BCUT2D eigenvalue weighted by Crippen LogP contribution is -2.25. The molecule has 1 amide bonds. The SMILES string of the molecule is O=C(CCCCl)N(c1ccc(F)cc1)c1ccc(F)cc1. The van der Waals surface area contributed by atoms with Crippen LogP contribution in [0.25, 0.3) is 0 Å². The Hall–Kier alpha value is -1.94. The zero-order valence-electron chi connectivity index (χ0n) is 11.2. The van der Waals surface area contributed by atoms with Crippen LogP contribution in [0.4, 0.5) is 20.2 Å². The molecule has 0 aromatic heterocycles. The Labute approximate surface area is 127 Å². The number of hydrogen-bond acceptors (Lipinski definition) is 1. The van der Waals surface area contributed by atoms with Crippen molar-refractivity contribution in [3.05, 3.63) is 60.2 Å². The van der Waals surface area contributed by atoms with Gasteiger partial charge in [-0.05, 0) is 55.0 Å². The fraction of sp³-hybridized carbons (Fsp3) is 0.188. The van der Waals surface area contributed by atoms with Crippen molar-refractivity contribution in [1.82, 2.24) is 0 Å². The maximum Gasteiger partial charge on any atom is 0.231 e. The summed E-state index contributed by atoms with van der Waals surface area (Å²) in [5.74, 6) is -0.558. The van der Waals surface area contributed by atoms with E-state index in [1.165, 1.54) is 53.4 Å². The van der Waals surface area contributed by atoms with Crippen LogP contribution in [0.1, 0.15) is 12.8 Å². The molecule has 0 aliphatic heterocycles. The van der Waals surface area contributed by atoms with E-state index in [0.29, 0.717) is 23.7 Å². The molecule has 21 heavy (non-hydrogen) atoms. The molecule has 0 aliphatic carbocycles. The van der Waals surface area contributed by atoms with E-state index in [9.17, 15) is 13.6 Å². The van der Waals surface area contributed by atoms with Gasteiger partial charge in [-0.15, -0.1) is 11.6 Å². The van der Waals surface area contributed by atoms with Crippen LogP contribution in [0.15, 0.2) is 48.5 Å². The molecule has 0 aliphatic rings. The largest absolute Gasteiger partial charge is 0.281 e. The van der Waals surface area contributed by atoms with Gasteiger partial charge in [0.25, 0.3) is 0 Å². The third-order valence-corrected chi connectivity index (χ3v) is 3.21. The monoisotopic (exact) mass is 309 g/mol. The van der Waals surface area contributed by atoms with Crippen molar-refractivity contribution in [2.45, 2.75) is 12.8 Å². The van der Waals surface area contributed by atoms with E-state index in [0.717, 1.165) is 0 Å². The summed E-state index contributed by atoms with van der Waals surface area (Å²) < 4.78 is 26.1. The normalized spacial score (nSPS) is 10.4. The fourth-order valence-corrected chi connectivity index (χ4v) is 2.08. The number of nitrogens with zero attached hydrogens (tertiary/aromatic N) is 1. The Morgan fingerprint density at radius 3 is 1.71 bits per heavy atom. The van der Waals surface area contributed by atoms with Crippen molar-refractivity contribution in [3.63, 3.8) is 0 Å². The second kappa shape index (κ2) is 7.18. The summed E-state index contributed by atoms with van der Waals surface area (Å²) in [5.41, 5.74) is 1.06. The lowest BCUT2D eigenvalue weighted by Gasteiger charge is -2.23. The predicted molar refractivity (Wildman–Crippen MR) is 79.9 cm³/mol. The van der Waals surface area contributed by atoms with E-state index < -0.39 is 0 Å². The molecular weight excluding hydrogens is 296 g/mol. The summed E-state index contributed by atoms with van der Waals surface area (Å²) >= 11 is 5.61. The van der Waals surface area contributed by atoms with Gasteiger partial charge in [-0.25, -0.2) is 8.78 Å². The van der Waals surface area contributed by atoms with Gasteiger partial charge in [0.1, 0.15) is 11.6 Å². The molecule has 0 atom stereocenters. The van der Waals surface area contributed by atoms with Crippen LogP contribution in [0.5, 0.6) is 0 Å². The molecule has 0 N–H and O–H groups in total. The van der Waals surface area contributed by atoms with Gasteiger partial charge in [-0.1, -0.05) is 0 Å². The Balaban J connectivity index is 2.36. The number of alkyl halides is 1. The van der Waals surface area contributed by atoms with Gasteiger partial charge in [-0.3, -0.25) is 9.69 Å². The topological polar surface area (TPSA) is 20.3 Å². The molecule has 0 radical (unpaired) electrons. The van der Waals surface area contributed by atoms with Crippen LogP contribution < -0.4 is 4.90 Å². The summed E-state index contributed by atoms with van der Waals surface area (Å²) in [7, 11) is 0. The van der Waals surface area contributed by atoms with Crippen LogP contribution in [0.2, 0.25) is 0 Å². The number of amides is 1. The number of anilines is 2. The molecule has 110 valence electrons. The van der Waals surface area contributed by atoms with Gasteiger partial charge in [0.05, 0.1) is 0 Å². The van der Waals surface area contributed by atoms with Crippen molar-refractivity contribution in [2.24, 2.45) is 0 Å². The highest BCUT2D eigenvalue weighted by molar-refractivity contribution is 6.18. The van der Waals surface area contributed by atoms with E-state index in [-0.39, 0.29) is 24.0 Å². The molecule has 0 unspecified atom stereocenters. The summed E-state index contributed by atoms with van der Waals surface area (Å²) in [6, 6.07) is 11.2. The second-order valence-electron chi connectivity index (χ2n) is 4.47. The molecule has 2 rings (SSSR count). The minimum Gasteiger partial charge on any atom is -0.281 e. The van der Waals surface area contributed by atoms with Gasteiger partial charge < -0.3 is 0 Å². The number of carbonyl (C=O) groups excluding carboxylic acids is 1. The molecule has 0 saturated carbocycles. The lowest BCUT2D eigenvalue weighted by atomic mass is 10.2. The molecule has 5 heteroatoms. The maximum atomic E-state index is 13.0. The molecule has 0 saturated heterocycles. The Morgan fingerprint density at radius 1 is 0.905 bits per heavy atom. The minimum absolute atomic E-state index is 0.172. The quantitative estimate of drug-likeness (QED) is 0.736. The van der Waals surface area contributed by atoms with Gasteiger partial charge in [0.15, 0.2) is 0 Å². The predicted octanol–water partition coefficient (Wildman–Crippen LogP) is 4.65. The highest BCUT2D eigenvalue weighted by Crippen LogP contribution is 2.27. The highest BCUT2D eigenvalue weighted by Gasteiger charge is 2.17. The van der Waals surface area contributed by atoms with E-state index in [1.54, 1.807) is 0 Å². The maximum absolute atomic E-state index is 13.0. The van der Waals surface area contributed by atoms with Crippen molar-refractivity contribution < 1.29 is 13.6 Å². The number of carbonyl (C=O) groups is 1. The molecule has 0 spiro atoms. The number of halogens is 3. The smallest absolute Gasteiger partial charge is 0.231 e. The zero-order valence-corrected chi connectivity index (χ0v) is 12.0. The molecule has 2 aromatic rings. The van der Waals surface area contributed by atoms with Gasteiger partial charge in [0.2, 0.25) is 5.91 Å². The van der Waals surface area contributed by atoms with E-state index in [1.807, 2.05) is 0 Å². The molecule has 0 fully saturated rings.